The van der Waals surface area contributed by atoms with Crippen molar-refractivity contribution in [3.05, 3.63) is 24.0 Å². The summed E-state index contributed by atoms with van der Waals surface area (Å²) in [7, 11) is 3.15. The van der Waals surface area contributed by atoms with E-state index in [1.54, 1.807) is 31.3 Å². The number of amides is 1. The molecule has 2 N–H and O–H groups in total. The van der Waals surface area contributed by atoms with Crippen LogP contribution in [-0.4, -0.2) is 67.8 Å². The van der Waals surface area contributed by atoms with Gasteiger partial charge < -0.3 is 29.7 Å². The van der Waals surface area contributed by atoms with E-state index in [0.717, 1.165) is 0 Å². The Labute approximate surface area is 169 Å². The number of carbonyl (C=O) groups excluding carboxylic acids is 1. The lowest BCUT2D eigenvalue weighted by molar-refractivity contribution is -0.130. The molecule has 3 heterocycles. The van der Waals surface area contributed by atoms with Gasteiger partial charge in [0, 0.05) is 43.5 Å². The van der Waals surface area contributed by atoms with Crippen LogP contribution in [-0.2, 0) is 9.53 Å². The topological polar surface area (TPSA) is 103 Å². The van der Waals surface area contributed by atoms with Gasteiger partial charge in [-0.15, -0.1) is 0 Å². The number of ether oxygens (including phenoxy) is 3. The van der Waals surface area contributed by atoms with E-state index in [1.807, 2.05) is 17.9 Å². The van der Waals surface area contributed by atoms with Gasteiger partial charge in [0.1, 0.15) is 5.82 Å². The van der Waals surface area contributed by atoms with Crippen LogP contribution >= 0.6 is 0 Å². The Balaban J connectivity index is 1.52. The Morgan fingerprint density at radius 1 is 1.14 bits per heavy atom. The lowest BCUT2D eigenvalue weighted by atomic mass is 10.2. The van der Waals surface area contributed by atoms with Gasteiger partial charge in [-0.1, -0.05) is 6.92 Å². The maximum Gasteiger partial charge on any atom is 0.288 e. The number of nitrogens with two attached hydrogens (primary N) is 1. The zero-order chi connectivity index (χ0) is 20.5. The molecule has 1 atom stereocenters. The van der Waals surface area contributed by atoms with Crippen molar-refractivity contribution in [1.82, 2.24) is 14.9 Å². The van der Waals surface area contributed by atoms with Crippen molar-refractivity contribution in [2.45, 2.75) is 6.92 Å². The van der Waals surface area contributed by atoms with Gasteiger partial charge in [-0.2, -0.15) is 4.98 Å². The number of rotatable bonds is 4. The van der Waals surface area contributed by atoms with Gasteiger partial charge in [-0.25, -0.2) is 4.98 Å². The predicted molar refractivity (Wildman–Crippen MR) is 109 cm³/mol. The van der Waals surface area contributed by atoms with Crippen LogP contribution < -0.4 is 20.1 Å². The number of nitrogens with zero attached hydrogens (tertiary/aromatic N) is 4. The van der Waals surface area contributed by atoms with E-state index in [-0.39, 0.29) is 11.8 Å². The Kier molecular flexibility index (Phi) is 5.04. The summed E-state index contributed by atoms with van der Waals surface area (Å²) in [5.74, 6) is 2.76. The highest BCUT2D eigenvalue weighted by Crippen LogP contribution is 2.34. The van der Waals surface area contributed by atoms with Crippen molar-refractivity contribution in [3.63, 3.8) is 0 Å². The molecular weight excluding hydrogens is 374 g/mol. The predicted octanol–water partition coefficient (Wildman–Crippen LogP) is 1.43. The van der Waals surface area contributed by atoms with E-state index in [2.05, 4.69) is 9.97 Å². The van der Waals surface area contributed by atoms with Gasteiger partial charge in [0.15, 0.2) is 17.3 Å². The number of anilines is 2. The standard InChI is InChI=1S/C20H25N5O4/c1-12-8-17(29-11-12)19(26)24-4-6-25(7-5-24)20-22-14-10-16(28-3)15(27-2)9-13(14)18(21)23-20/h8-10,12H,4-7,11H2,1-3H3,(H2,21,22,23). The number of benzene rings is 1. The van der Waals surface area contributed by atoms with Gasteiger partial charge >= 0.3 is 0 Å². The van der Waals surface area contributed by atoms with E-state index >= 15 is 0 Å². The molecule has 4 rings (SSSR count). The van der Waals surface area contributed by atoms with E-state index < -0.39 is 0 Å². The van der Waals surface area contributed by atoms with Gasteiger partial charge in [0.25, 0.3) is 5.91 Å². The molecule has 2 aliphatic heterocycles. The first kappa shape index (κ1) is 19.1. The van der Waals surface area contributed by atoms with Crippen molar-refractivity contribution in [1.29, 1.82) is 0 Å². The lowest BCUT2D eigenvalue weighted by Crippen LogP contribution is -2.49. The van der Waals surface area contributed by atoms with Gasteiger partial charge in [0.05, 0.1) is 26.3 Å². The summed E-state index contributed by atoms with van der Waals surface area (Å²) in [6, 6.07) is 3.57. The SMILES string of the molecule is COc1cc2nc(N3CCN(C(=O)C4=CC(C)CO4)CC3)nc(N)c2cc1OC. The van der Waals surface area contributed by atoms with Crippen LogP contribution in [0.5, 0.6) is 11.5 Å². The number of nitrogen functional groups attached to an aromatic ring is 1. The summed E-state index contributed by atoms with van der Waals surface area (Å²) in [6.07, 6.45) is 1.89. The summed E-state index contributed by atoms with van der Waals surface area (Å²) in [6.45, 7) is 4.98. The molecule has 0 radical (unpaired) electrons. The molecule has 1 aromatic carbocycles. The smallest absolute Gasteiger partial charge is 0.288 e. The van der Waals surface area contributed by atoms with E-state index in [4.69, 9.17) is 19.9 Å². The van der Waals surface area contributed by atoms with Crippen molar-refractivity contribution < 1.29 is 19.0 Å². The molecule has 1 fully saturated rings. The Bertz CT molecular complexity index is 969. The zero-order valence-corrected chi connectivity index (χ0v) is 16.8. The second kappa shape index (κ2) is 7.65. The van der Waals surface area contributed by atoms with Crippen LogP contribution in [0.1, 0.15) is 6.92 Å². The molecule has 9 nitrogen and oxygen atoms in total. The van der Waals surface area contributed by atoms with Gasteiger partial charge in [0.2, 0.25) is 5.95 Å². The molecule has 2 aromatic rings. The molecular formula is C20H25N5O4. The maximum absolute atomic E-state index is 12.6. The molecule has 1 unspecified atom stereocenters. The Morgan fingerprint density at radius 2 is 1.83 bits per heavy atom. The molecule has 0 spiro atoms. The van der Waals surface area contributed by atoms with Crippen LogP contribution in [0.25, 0.3) is 10.9 Å². The second-order valence-corrected chi connectivity index (χ2v) is 7.23. The average molecular weight is 399 g/mol. The van der Waals surface area contributed by atoms with Crippen molar-refractivity contribution >= 4 is 28.6 Å². The third-order valence-electron chi connectivity index (χ3n) is 5.22. The summed E-state index contributed by atoms with van der Waals surface area (Å²) in [4.78, 5) is 25.6. The van der Waals surface area contributed by atoms with E-state index in [0.29, 0.717) is 72.7 Å². The van der Waals surface area contributed by atoms with E-state index in [1.165, 1.54) is 0 Å². The largest absolute Gasteiger partial charge is 0.493 e. The number of methoxy groups -OCH3 is 2. The molecule has 1 saturated heterocycles. The normalized spacial score (nSPS) is 19.1. The molecule has 0 saturated carbocycles. The summed E-state index contributed by atoms with van der Waals surface area (Å²) < 4.78 is 16.2. The lowest BCUT2D eigenvalue weighted by Gasteiger charge is -2.34. The van der Waals surface area contributed by atoms with Crippen LogP contribution in [0.15, 0.2) is 24.0 Å². The molecule has 154 valence electrons. The number of aromatic nitrogens is 2. The molecule has 29 heavy (non-hydrogen) atoms. The summed E-state index contributed by atoms with van der Waals surface area (Å²) in [5.41, 5.74) is 6.87. The number of carbonyl (C=O) groups is 1. The first-order valence-electron chi connectivity index (χ1n) is 9.58. The quantitative estimate of drug-likeness (QED) is 0.824. The van der Waals surface area contributed by atoms with Crippen LogP contribution in [0.3, 0.4) is 0 Å². The highest BCUT2D eigenvalue weighted by molar-refractivity contribution is 5.92. The molecule has 9 heteroatoms. The van der Waals surface area contributed by atoms with Crippen LogP contribution in [0.2, 0.25) is 0 Å². The highest BCUT2D eigenvalue weighted by Gasteiger charge is 2.28. The third kappa shape index (κ3) is 3.59. The summed E-state index contributed by atoms with van der Waals surface area (Å²) in [5, 5.41) is 0.708. The molecule has 2 aliphatic rings. The first-order valence-corrected chi connectivity index (χ1v) is 9.58. The highest BCUT2D eigenvalue weighted by atomic mass is 16.5. The second-order valence-electron chi connectivity index (χ2n) is 7.23. The molecule has 0 aliphatic carbocycles. The number of piperazine rings is 1. The Hall–Kier alpha value is -3.23. The number of fused-ring (bicyclic) bond motifs is 1. The molecule has 0 bridgehead atoms. The average Bonchev–Trinajstić information content (AvgIpc) is 3.18. The van der Waals surface area contributed by atoms with Crippen LogP contribution in [0, 0.1) is 5.92 Å². The fourth-order valence-electron chi connectivity index (χ4n) is 3.58. The third-order valence-corrected chi connectivity index (χ3v) is 5.22. The minimum Gasteiger partial charge on any atom is -0.493 e. The van der Waals surface area contributed by atoms with E-state index in [9.17, 15) is 4.79 Å². The minimum absolute atomic E-state index is 0.0511. The minimum atomic E-state index is -0.0511. The molecule has 1 aromatic heterocycles. The maximum atomic E-state index is 12.6. The number of hydrogen-bond donors (Lipinski definition) is 1. The zero-order valence-electron chi connectivity index (χ0n) is 16.8. The van der Waals surface area contributed by atoms with Crippen molar-refractivity contribution in [3.8, 4) is 11.5 Å². The monoisotopic (exact) mass is 399 g/mol. The van der Waals surface area contributed by atoms with Crippen LogP contribution in [0.4, 0.5) is 11.8 Å². The number of hydrogen-bond acceptors (Lipinski definition) is 8. The fourth-order valence-corrected chi connectivity index (χ4v) is 3.58. The van der Waals surface area contributed by atoms with Gasteiger partial charge in [-0.05, 0) is 12.1 Å². The molecule has 1 amide bonds. The fraction of sp³-hybridized carbons (Fsp3) is 0.450. The summed E-state index contributed by atoms with van der Waals surface area (Å²) >= 11 is 0. The van der Waals surface area contributed by atoms with Crippen molar-refractivity contribution in [2.75, 3.05) is 57.6 Å². The van der Waals surface area contributed by atoms with Crippen molar-refractivity contribution in [2.24, 2.45) is 5.92 Å². The van der Waals surface area contributed by atoms with Gasteiger partial charge in [-0.3, -0.25) is 4.79 Å². The Morgan fingerprint density at radius 3 is 2.45 bits per heavy atom. The first-order chi connectivity index (χ1) is 14.0.